The standard InChI is InChI=1S/C16H19F2NS/c1-16(2,3)14-8-7-13(20-14)12(19)9-10-5-4-6-11(17)15(10)18/h4-8,12H,9,19H2,1-3H3. The van der Waals surface area contributed by atoms with Crippen molar-refractivity contribution < 1.29 is 8.78 Å². The van der Waals surface area contributed by atoms with Crippen LogP contribution in [0.2, 0.25) is 0 Å². The summed E-state index contributed by atoms with van der Waals surface area (Å²) in [6.45, 7) is 6.42. The Bertz CT molecular complexity index is 599. The van der Waals surface area contributed by atoms with E-state index in [1.165, 1.54) is 10.9 Å². The second kappa shape index (κ2) is 5.62. The lowest BCUT2D eigenvalue weighted by Gasteiger charge is -2.16. The summed E-state index contributed by atoms with van der Waals surface area (Å²) < 4.78 is 26.8. The summed E-state index contributed by atoms with van der Waals surface area (Å²) >= 11 is 1.64. The number of halogens is 2. The van der Waals surface area contributed by atoms with Gasteiger partial charge in [-0.2, -0.15) is 0 Å². The molecule has 2 rings (SSSR count). The quantitative estimate of drug-likeness (QED) is 0.882. The van der Waals surface area contributed by atoms with E-state index < -0.39 is 11.6 Å². The highest BCUT2D eigenvalue weighted by molar-refractivity contribution is 7.12. The Hall–Kier alpha value is -1.26. The maximum Gasteiger partial charge on any atom is 0.162 e. The van der Waals surface area contributed by atoms with E-state index in [1.807, 2.05) is 6.07 Å². The van der Waals surface area contributed by atoms with Crippen LogP contribution in [-0.2, 0) is 11.8 Å². The van der Waals surface area contributed by atoms with Crippen LogP contribution in [0.1, 0.15) is 42.1 Å². The molecule has 1 heterocycles. The molecule has 1 aromatic heterocycles. The molecule has 2 aromatic rings. The van der Waals surface area contributed by atoms with Crippen LogP contribution in [0.4, 0.5) is 8.78 Å². The van der Waals surface area contributed by atoms with Gasteiger partial charge in [-0.25, -0.2) is 8.78 Å². The van der Waals surface area contributed by atoms with Gasteiger partial charge in [-0.05, 0) is 35.6 Å². The fraction of sp³-hybridized carbons (Fsp3) is 0.375. The van der Waals surface area contributed by atoms with E-state index in [0.717, 1.165) is 10.9 Å². The molecule has 20 heavy (non-hydrogen) atoms. The molecular formula is C16H19F2NS. The van der Waals surface area contributed by atoms with E-state index in [9.17, 15) is 8.78 Å². The predicted octanol–water partition coefficient (Wildman–Crippen LogP) is 4.57. The topological polar surface area (TPSA) is 26.0 Å². The zero-order valence-electron chi connectivity index (χ0n) is 11.9. The van der Waals surface area contributed by atoms with Gasteiger partial charge in [0.25, 0.3) is 0 Å². The molecule has 0 aliphatic rings. The SMILES string of the molecule is CC(C)(C)c1ccc(C(N)Cc2cccc(F)c2F)s1. The molecule has 1 atom stereocenters. The summed E-state index contributed by atoms with van der Waals surface area (Å²) in [6, 6.07) is 7.93. The highest BCUT2D eigenvalue weighted by Gasteiger charge is 2.19. The van der Waals surface area contributed by atoms with Gasteiger partial charge < -0.3 is 5.73 Å². The smallest absolute Gasteiger partial charge is 0.162 e. The molecule has 0 radical (unpaired) electrons. The summed E-state index contributed by atoms with van der Waals surface area (Å²) in [7, 11) is 0. The minimum Gasteiger partial charge on any atom is -0.323 e. The van der Waals surface area contributed by atoms with Crippen LogP contribution in [0.5, 0.6) is 0 Å². The second-order valence-corrected chi connectivity index (χ2v) is 7.09. The van der Waals surface area contributed by atoms with E-state index in [0.29, 0.717) is 12.0 Å². The number of benzene rings is 1. The maximum atomic E-state index is 13.6. The summed E-state index contributed by atoms with van der Waals surface area (Å²) in [5, 5.41) is 0. The van der Waals surface area contributed by atoms with Crippen molar-refractivity contribution in [3.63, 3.8) is 0 Å². The average molecular weight is 295 g/mol. The van der Waals surface area contributed by atoms with E-state index in [2.05, 4.69) is 26.8 Å². The van der Waals surface area contributed by atoms with Crippen molar-refractivity contribution in [1.29, 1.82) is 0 Å². The third-order valence-corrected chi connectivity index (χ3v) is 4.85. The first-order chi connectivity index (χ1) is 9.29. The van der Waals surface area contributed by atoms with E-state index >= 15 is 0 Å². The maximum absolute atomic E-state index is 13.6. The number of hydrogen-bond acceptors (Lipinski definition) is 2. The highest BCUT2D eigenvalue weighted by Crippen LogP contribution is 2.32. The lowest BCUT2D eigenvalue weighted by atomic mass is 9.95. The van der Waals surface area contributed by atoms with Crippen molar-refractivity contribution in [2.75, 3.05) is 0 Å². The van der Waals surface area contributed by atoms with Crippen LogP contribution < -0.4 is 5.73 Å². The normalized spacial score (nSPS) is 13.5. The third-order valence-electron chi connectivity index (χ3n) is 3.20. The van der Waals surface area contributed by atoms with Crippen molar-refractivity contribution in [3.05, 3.63) is 57.3 Å². The van der Waals surface area contributed by atoms with Crippen molar-refractivity contribution >= 4 is 11.3 Å². The molecule has 0 amide bonds. The molecule has 0 aliphatic heterocycles. The molecule has 4 heteroatoms. The fourth-order valence-corrected chi connectivity index (χ4v) is 3.07. The van der Waals surface area contributed by atoms with Gasteiger partial charge in [0, 0.05) is 15.8 Å². The van der Waals surface area contributed by atoms with E-state index in [4.69, 9.17) is 5.73 Å². The number of thiophene rings is 1. The third kappa shape index (κ3) is 3.25. The largest absolute Gasteiger partial charge is 0.323 e. The van der Waals surface area contributed by atoms with Crippen molar-refractivity contribution in [2.45, 2.75) is 38.6 Å². The number of nitrogens with two attached hydrogens (primary N) is 1. The monoisotopic (exact) mass is 295 g/mol. The van der Waals surface area contributed by atoms with E-state index in [1.54, 1.807) is 17.4 Å². The molecule has 1 nitrogen and oxygen atoms in total. The molecule has 0 bridgehead atoms. The van der Waals surface area contributed by atoms with Crippen LogP contribution in [0.25, 0.3) is 0 Å². The van der Waals surface area contributed by atoms with Gasteiger partial charge in [0.15, 0.2) is 11.6 Å². The Morgan fingerprint density at radius 2 is 1.85 bits per heavy atom. The van der Waals surface area contributed by atoms with Gasteiger partial charge in [0.1, 0.15) is 0 Å². The van der Waals surface area contributed by atoms with Crippen molar-refractivity contribution in [2.24, 2.45) is 5.73 Å². The Balaban J connectivity index is 2.18. The molecule has 1 aromatic carbocycles. The zero-order valence-corrected chi connectivity index (χ0v) is 12.7. The molecule has 0 spiro atoms. The van der Waals surface area contributed by atoms with Crippen molar-refractivity contribution in [3.8, 4) is 0 Å². The first-order valence-corrected chi connectivity index (χ1v) is 7.39. The minimum atomic E-state index is -0.823. The van der Waals surface area contributed by atoms with Crippen LogP contribution in [0.15, 0.2) is 30.3 Å². The van der Waals surface area contributed by atoms with Gasteiger partial charge in [-0.1, -0.05) is 32.9 Å². The van der Waals surface area contributed by atoms with Crippen LogP contribution in [0.3, 0.4) is 0 Å². The van der Waals surface area contributed by atoms with Gasteiger partial charge in [-0.15, -0.1) is 11.3 Å². The molecule has 0 saturated heterocycles. The summed E-state index contributed by atoms with van der Waals surface area (Å²) in [4.78, 5) is 2.24. The van der Waals surface area contributed by atoms with Crippen molar-refractivity contribution in [1.82, 2.24) is 0 Å². The summed E-state index contributed by atoms with van der Waals surface area (Å²) in [5.41, 5.74) is 6.52. The van der Waals surface area contributed by atoms with E-state index in [-0.39, 0.29) is 11.5 Å². The average Bonchev–Trinajstić information content (AvgIpc) is 2.84. The van der Waals surface area contributed by atoms with Gasteiger partial charge in [-0.3, -0.25) is 0 Å². The Morgan fingerprint density at radius 3 is 2.45 bits per heavy atom. The Labute approximate surface area is 122 Å². The van der Waals surface area contributed by atoms with Crippen LogP contribution >= 0.6 is 11.3 Å². The highest BCUT2D eigenvalue weighted by atomic mass is 32.1. The fourth-order valence-electron chi connectivity index (χ4n) is 2.00. The minimum absolute atomic E-state index is 0.0761. The zero-order chi connectivity index (χ0) is 14.9. The molecule has 0 saturated carbocycles. The Kier molecular flexibility index (Phi) is 4.25. The molecule has 1 unspecified atom stereocenters. The Morgan fingerprint density at radius 1 is 1.15 bits per heavy atom. The predicted molar refractivity (Wildman–Crippen MR) is 80.0 cm³/mol. The van der Waals surface area contributed by atoms with Gasteiger partial charge in [0.05, 0.1) is 0 Å². The molecule has 108 valence electrons. The lowest BCUT2D eigenvalue weighted by Crippen LogP contribution is -2.13. The molecule has 2 N–H and O–H groups in total. The van der Waals surface area contributed by atoms with Gasteiger partial charge >= 0.3 is 0 Å². The number of hydrogen-bond donors (Lipinski definition) is 1. The number of rotatable bonds is 3. The van der Waals surface area contributed by atoms with Crippen LogP contribution in [0, 0.1) is 11.6 Å². The van der Waals surface area contributed by atoms with Gasteiger partial charge in [0.2, 0.25) is 0 Å². The molecular weight excluding hydrogens is 276 g/mol. The second-order valence-electron chi connectivity index (χ2n) is 5.98. The first kappa shape index (κ1) is 15.1. The summed E-state index contributed by atoms with van der Waals surface area (Å²) in [5.74, 6) is -1.62. The van der Waals surface area contributed by atoms with Crippen LogP contribution in [-0.4, -0.2) is 0 Å². The molecule has 0 aliphatic carbocycles. The lowest BCUT2D eigenvalue weighted by molar-refractivity contribution is 0.494. The first-order valence-electron chi connectivity index (χ1n) is 6.57. The summed E-state index contributed by atoms with van der Waals surface area (Å²) in [6.07, 6.45) is 0.299. The molecule has 0 fully saturated rings.